The van der Waals surface area contributed by atoms with Crippen LogP contribution in [0.2, 0.25) is 0 Å². The van der Waals surface area contributed by atoms with Crippen molar-refractivity contribution in [3.8, 4) is 0 Å². The second-order valence-electron chi connectivity index (χ2n) is 7.16. The van der Waals surface area contributed by atoms with E-state index in [4.69, 9.17) is 0 Å². The standard InChI is InChI=1S/C17H25N3O5S2/c1-19(15-7-10-26(22,23)13-15)12-17(21)18-14-5-4-6-16(11-14)27(24,25)20-8-2-3-9-20/h4-6,11,15H,2-3,7-10,12-13H2,1H3,(H,18,21)/t15-/m0/s1. The highest BCUT2D eigenvalue weighted by atomic mass is 32.2. The Morgan fingerprint density at radius 2 is 2.00 bits per heavy atom. The number of nitrogens with zero attached hydrogens (tertiary/aromatic N) is 2. The molecule has 8 nitrogen and oxygen atoms in total. The van der Waals surface area contributed by atoms with E-state index in [-0.39, 0.29) is 34.9 Å². The Morgan fingerprint density at radius 1 is 1.30 bits per heavy atom. The summed E-state index contributed by atoms with van der Waals surface area (Å²) in [7, 11) is -4.83. The quantitative estimate of drug-likeness (QED) is 0.727. The second-order valence-corrected chi connectivity index (χ2v) is 11.3. The van der Waals surface area contributed by atoms with E-state index in [0.29, 0.717) is 25.2 Å². The molecule has 2 heterocycles. The van der Waals surface area contributed by atoms with E-state index in [1.807, 2.05) is 0 Å². The summed E-state index contributed by atoms with van der Waals surface area (Å²) < 4.78 is 49.9. The van der Waals surface area contributed by atoms with Crippen LogP contribution in [-0.4, -0.2) is 76.2 Å². The first-order valence-corrected chi connectivity index (χ1v) is 12.2. The minimum Gasteiger partial charge on any atom is -0.325 e. The maximum atomic E-state index is 12.6. The molecule has 0 saturated carbocycles. The summed E-state index contributed by atoms with van der Waals surface area (Å²) >= 11 is 0. The van der Waals surface area contributed by atoms with Crippen LogP contribution in [0.25, 0.3) is 0 Å². The fourth-order valence-electron chi connectivity index (χ4n) is 3.49. The van der Waals surface area contributed by atoms with E-state index in [0.717, 1.165) is 12.8 Å². The van der Waals surface area contributed by atoms with Gasteiger partial charge in [0, 0.05) is 24.8 Å². The van der Waals surface area contributed by atoms with Gasteiger partial charge < -0.3 is 5.32 Å². The average molecular weight is 416 g/mol. The van der Waals surface area contributed by atoms with Gasteiger partial charge in [-0.3, -0.25) is 9.69 Å². The van der Waals surface area contributed by atoms with Crippen molar-refractivity contribution in [3.05, 3.63) is 24.3 Å². The van der Waals surface area contributed by atoms with Gasteiger partial charge in [-0.25, -0.2) is 16.8 Å². The van der Waals surface area contributed by atoms with E-state index in [9.17, 15) is 21.6 Å². The van der Waals surface area contributed by atoms with Gasteiger partial charge in [0.1, 0.15) is 0 Å². The normalized spacial score (nSPS) is 23.0. The zero-order valence-corrected chi connectivity index (χ0v) is 16.9. The molecule has 3 rings (SSSR count). The van der Waals surface area contributed by atoms with Gasteiger partial charge in [0.2, 0.25) is 15.9 Å². The van der Waals surface area contributed by atoms with Crippen molar-refractivity contribution in [1.29, 1.82) is 0 Å². The molecule has 2 saturated heterocycles. The lowest BCUT2D eigenvalue weighted by molar-refractivity contribution is -0.117. The zero-order valence-electron chi connectivity index (χ0n) is 15.3. The predicted molar refractivity (Wildman–Crippen MR) is 103 cm³/mol. The van der Waals surface area contributed by atoms with Crippen LogP contribution in [0.15, 0.2) is 29.2 Å². The SMILES string of the molecule is CN(CC(=O)Nc1cccc(S(=O)(=O)N2CCCC2)c1)[C@H]1CCS(=O)(=O)C1. The van der Waals surface area contributed by atoms with Gasteiger partial charge >= 0.3 is 0 Å². The van der Waals surface area contributed by atoms with E-state index in [1.165, 1.54) is 16.4 Å². The fraction of sp³-hybridized carbons (Fsp3) is 0.588. The lowest BCUT2D eigenvalue weighted by atomic mass is 10.2. The largest absolute Gasteiger partial charge is 0.325 e. The number of amides is 1. The lowest BCUT2D eigenvalue weighted by Crippen LogP contribution is -2.38. The van der Waals surface area contributed by atoms with Crippen LogP contribution < -0.4 is 5.32 Å². The molecule has 0 aliphatic carbocycles. The van der Waals surface area contributed by atoms with Gasteiger partial charge in [-0.05, 0) is 44.5 Å². The number of nitrogens with one attached hydrogen (secondary N) is 1. The first-order chi connectivity index (χ1) is 12.7. The number of carbonyl (C=O) groups excluding carboxylic acids is 1. The molecule has 0 spiro atoms. The molecule has 27 heavy (non-hydrogen) atoms. The van der Waals surface area contributed by atoms with Crippen LogP contribution in [0.1, 0.15) is 19.3 Å². The van der Waals surface area contributed by atoms with Crippen LogP contribution in [-0.2, 0) is 24.7 Å². The molecule has 0 aromatic heterocycles. The molecule has 10 heteroatoms. The number of carbonyl (C=O) groups is 1. The molecule has 0 radical (unpaired) electrons. The Bertz CT molecular complexity index is 908. The molecule has 1 atom stereocenters. The van der Waals surface area contributed by atoms with Crippen molar-refractivity contribution in [3.63, 3.8) is 0 Å². The monoisotopic (exact) mass is 415 g/mol. The molecular weight excluding hydrogens is 390 g/mol. The average Bonchev–Trinajstić information content (AvgIpc) is 3.24. The molecule has 1 aromatic rings. The minimum atomic E-state index is -3.54. The van der Waals surface area contributed by atoms with Crippen LogP contribution >= 0.6 is 0 Å². The molecule has 2 aliphatic heterocycles. The molecule has 1 N–H and O–H groups in total. The van der Waals surface area contributed by atoms with Crippen molar-refractivity contribution in [2.75, 3.05) is 43.5 Å². The van der Waals surface area contributed by atoms with Gasteiger partial charge in [-0.1, -0.05) is 6.07 Å². The molecule has 150 valence electrons. The smallest absolute Gasteiger partial charge is 0.243 e. The highest BCUT2D eigenvalue weighted by Crippen LogP contribution is 2.23. The van der Waals surface area contributed by atoms with Gasteiger partial charge in [0.05, 0.1) is 22.9 Å². The van der Waals surface area contributed by atoms with E-state index >= 15 is 0 Å². The Balaban J connectivity index is 1.63. The number of hydrogen-bond acceptors (Lipinski definition) is 6. The Labute approximate surface area is 160 Å². The van der Waals surface area contributed by atoms with E-state index in [1.54, 1.807) is 24.1 Å². The van der Waals surface area contributed by atoms with Crippen LogP contribution in [0.3, 0.4) is 0 Å². The number of rotatable bonds is 6. The number of likely N-dealkylation sites (N-methyl/N-ethyl adjacent to an activating group) is 1. The van der Waals surface area contributed by atoms with Crippen molar-refractivity contribution in [1.82, 2.24) is 9.21 Å². The summed E-state index contributed by atoms with van der Waals surface area (Å²) in [5.74, 6) is -0.0853. The van der Waals surface area contributed by atoms with Crippen molar-refractivity contribution >= 4 is 31.5 Å². The Kier molecular flexibility index (Phi) is 5.90. The van der Waals surface area contributed by atoms with Crippen molar-refractivity contribution < 1.29 is 21.6 Å². The van der Waals surface area contributed by atoms with Gasteiger partial charge in [-0.15, -0.1) is 0 Å². The zero-order chi connectivity index (χ0) is 19.7. The van der Waals surface area contributed by atoms with Gasteiger partial charge in [0.15, 0.2) is 9.84 Å². The van der Waals surface area contributed by atoms with Gasteiger partial charge in [-0.2, -0.15) is 4.31 Å². The summed E-state index contributed by atoms with van der Waals surface area (Å²) in [6, 6.07) is 6.07. The number of sulfonamides is 1. The highest BCUT2D eigenvalue weighted by Gasteiger charge is 2.31. The van der Waals surface area contributed by atoms with Gasteiger partial charge in [0.25, 0.3) is 0 Å². The Hall–Kier alpha value is -1.49. The molecule has 0 unspecified atom stereocenters. The topological polar surface area (TPSA) is 104 Å². The summed E-state index contributed by atoms with van der Waals surface area (Å²) in [4.78, 5) is 14.2. The first kappa shape index (κ1) is 20.2. The fourth-order valence-corrected chi connectivity index (χ4v) is 6.86. The molecule has 1 aromatic carbocycles. The summed E-state index contributed by atoms with van der Waals surface area (Å²) in [5, 5.41) is 2.71. The number of anilines is 1. The third-order valence-corrected chi connectivity index (χ3v) is 8.69. The van der Waals surface area contributed by atoms with E-state index < -0.39 is 19.9 Å². The lowest BCUT2D eigenvalue weighted by Gasteiger charge is -2.22. The minimum absolute atomic E-state index is 0.0449. The number of benzene rings is 1. The van der Waals surface area contributed by atoms with Crippen LogP contribution in [0.5, 0.6) is 0 Å². The van der Waals surface area contributed by atoms with E-state index in [2.05, 4.69) is 5.32 Å². The van der Waals surface area contributed by atoms with Crippen LogP contribution in [0.4, 0.5) is 5.69 Å². The third-order valence-electron chi connectivity index (χ3n) is 5.05. The molecule has 1 amide bonds. The molecule has 2 aliphatic rings. The summed E-state index contributed by atoms with van der Waals surface area (Å²) in [5.41, 5.74) is 0.410. The van der Waals surface area contributed by atoms with Crippen molar-refractivity contribution in [2.24, 2.45) is 0 Å². The van der Waals surface area contributed by atoms with Crippen LogP contribution in [0, 0.1) is 0 Å². The Morgan fingerprint density at radius 3 is 2.63 bits per heavy atom. The summed E-state index contributed by atoms with van der Waals surface area (Å²) in [6.45, 7) is 1.09. The molecular formula is C17H25N3O5S2. The predicted octanol–water partition coefficient (Wildman–Crippen LogP) is 0.529. The second kappa shape index (κ2) is 7.86. The maximum absolute atomic E-state index is 12.6. The third kappa shape index (κ3) is 4.87. The summed E-state index contributed by atoms with van der Waals surface area (Å²) in [6.07, 6.45) is 2.24. The molecule has 0 bridgehead atoms. The maximum Gasteiger partial charge on any atom is 0.243 e. The highest BCUT2D eigenvalue weighted by molar-refractivity contribution is 7.91. The first-order valence-electron chi connectivity index (χ1n) is 8.98. The number of sulfone groups is 1. The molecule has 2 fully saturated rings. The van der Waals surface area contributed by atoms with Crippen molar-refractivity contribution in [2.45, 2.75) is 30.2 Å². The number of hydrogen-bond donors (Lipinski definition) is 1.